The van der Waals surface area contributed by atoms with Crippen molar-refractivity contribution in [2.45, 2.75) is 13.8 Å². The molecular formula is C23H22N2O3. The second kappa shape index (κ2) is 9.37. The molecule has 28 heavy (non-hydrogen) atoms. The number of carbonyl (C=O) groups is 1. The number of hydrazone groups is 1. The maximum absolute atomic E-state index is 11.9. The van der Waals surface area contributed by atoms with E-state index in [4.69, 9.17) is 9.47 Å². The third kappa shape index (κ3) is 5.99. The highest BCUT2D eigenvalue weighted by Crippen LogP contribution is 2.21. The first kappa shape index (κ1) is 19.2. The van der Waals surface area contributed by atoms with Crippen molar-refractivity contribution in [2.75, 3.05) is 6.61 Å². The van der Waals surface area contributed by atoms with Gasteiger partial charge in [0.25, 0.3) is 5.91 Å². The van der Waals surface area contributed by atoms with Gasteiger partial charge in [0.05, 0.1) is 6.21 Å². The zero-order chi connectivity index (χ0) is 19.8. The lowest BCUT2D eigenvalue weighted by Crippen LogP contribution is -2.24. The van der Waals surface area contributed by atoms with Crippen LogP contribution in [0.25, 0.3) is 0 Å². The van der Waals surface area contributed by atoms with Crippen molar-refractivity contribution in [1.29, 1.82) is 0 Å². The van der Waals surface area contributed by atoms with E-state index in [1.807, 2.05) is 86.6 Å². The molecule has 0 saturated heterocycles. The van der Waals surface area contributed by atoms with Gasteiger partial charge in [0.1, 0.15) is 17.2 Å². The average molecular weight is 374 g/mol. The molecule has 0 radical (unpaired) electrons. The van der Waals surface area contributed by atoms with Crippen molar-refractivity contribution >= 4 is 12.1 Å². The van der Waals surface area contributed by atoms with Crippen LogP contribution >= 0.6 is 0 Å². The highest BCUT2D eigenvalue weighted by atomic mass is 16.5. The fourth-order valence-corrected chi connectivity index (χ4v) is 2.66. The maximum Gasteiger partial charge on any atom is 0.277 e. The number of hydrogen-bond donors (Lipinski definition) is 1. The molecule has 142 valence electrons. The van der Waals surface area contributed by atoms with E-state index in [2.05, 4.69) is 10.5 Å². The molecule has 0 spiro atoms. The van der Waals surface area contributed by atoms with Gasteiger partial charge in [-0.3, -0.25) is 4.79 Å². The summed E-state index contributed by atoms with van der Waals surface area (Å²) < 4.78 is 11.3. The average Bonchev–Trinajstić information content (AvgIpc) is 2.67. The van der Waals surface area contributed by atoms with Gasteiger partial charge in [0, 0.05) is 0 Å². The van der Waals surface area contributed by atoms with Crippen molar-refractivity contribution < 1.29 is 14.3 Å². The third-order valence-corrected chi connectivity index (χ3v) is 3.81. The monoisotopic (exact) mass is 374 g/mol. The van der Waals surface area contributed by atoms with Gasteiger partial charge >= 0.3 is 0 Å². The van der Waals surface area contributed by atoms with Crippen molar-refractivity contribution in [3.8, 4) is 17.2 Å². The molecule has 0 aliphatic carbocycles. The van der Waals surface area contributed by atoms with Gasteiger partial charge in [-0.25, -0.2) is 5.43 Å². The lowest BCUT2D eigenvalue weighted by atomic mass is 10.1. The number of rotatable bonds is 7. The van der Waals surface area contributed by atoms with E-state index in [-0.39, 0.29) is 12.5 Å². The Morgan fingerprint density at radius 3 is 2.36 bits per heavy atom. The minimum atomic E-state index is -0.327. The normalized spacial score (nSPS) is 10.6. The number of benzene rings is 3. The first-order valence-electron chi connectivity index (χ1n) is 8.94. The first-order chi connectivity index (χ1) is 13.6. The van der Waals surface area contributed by atoms with E-state index < -0.39 is 0 Å². The molecule has 1 N–H and O–H groups in total. The number of hydrogen-bond acceptors (Lipinski definition) is 4. The lowest BCUT2D eigenvalue weighted by molar-refractivity contribution is -0.123. The molecule has 3 rings (SSSR count). The molecule has 0 saturated carbocycles. The van der Waals surface area contributed by atoms with Gasteiger partial charge in [-0.2, -0.15) is 5.10 Å². The smallest absolute Gasteiger partial charge is 0.277 e. The second-order valence-electron chi connectivity index (χ2n) is 6.39. The summed E-state index contributed by atoms with van der Waals surface area (Å²) in [7, 11) is 0. The molecule has 3 aromatic carbocycles. The van der Waals surface area contributed by atoms with E-state index >= 15 is 0 Å². The molecule has 0 unspecified atom stereocenters. The highest BCUT2D eigenvalue weighted by molar-refractivity contribution is 5.83. The largest absolute Gasteiger partial charge is 0.484 e. The molecule has 0 aliphatic rings. The Morgan fingerprint density at radius 1 is 0.893 bits per heavy atom. The number of amides is 1. The van der Waals surface area contributed by atoms with Crippen LogP contribution in [0.2, 0.25) is 0 Å². The van der Waals surface area contributed by atoms with Crippen LogP contribution in [0, 0.1) is 13.8 Å². The van der Waals surface area contributed by atoms with Crippen LogP contribution in [-0.2, 0) is 4.79 Å². The number of aryl methyl sites for hydroxylation is 2. The summed E-state index contributed by atoms with van der Waals surface area (Å²) in [4.78, 5) is 11.9. The Bertz CT molecular complexity index is 948. The molecule has 0 bridgehead atoms. The van der Waals surface area contributed by atoms with E-state index in [1.165, 1.54) is 0 Å². The van der Waals surface area contributed by atoms with Crippen LogP contribution in [0.4, 0.5) is 0 Å². The summed E-state index contributed by atoms with van der Waals surface area (Å²) in [6.45, 7) is 3.87. The lowest BCUT2D eigenvalue weighted by Gasteiger charge is -2.07. The van der Waals surface area contributed by atoms with E-state index in [0.717, 1.165) is 22.4 Å². The molecule has 0 atom stereocenters. The van der Waals surface area contributed by atoms with Crippen LogP contribution in [0.15, 0.2) is 77.9 Å². The molecule has 1 amide bonds. The van der Waals surface area contributed by atoms with Crippen LogP contribution in [0.1, 0.15) is 16.7 Å². The molecule has 0 heterocycles. The van der Waals surface area contributed by atoms with Crippen molar-refractivity contribution in [1.82, 2.24) is 5.43 Å². The van der Waals surface area contributed by atoms with E-state index in [9.17, 15) is 4.79 Å². The Morgan fingerprint density at radius 2 is 1.61 bits per heavy atom. The number of nitrogens with zero attached hydrogens (tertiary/aromatic N) is 1. The number of carbonyl (C=O) groups excluding carboxylic acids is 1. The summed E-state index contributed by atoms with van der Waals surface area (Å²) in [6, 6.07) is 22.8. The predicted molar refractivity (Wildman–Crippen MR) is 110 cm³/mol. The number of para-hydroxylation sites is 1. The quantitative estimate of drug-likeness (QED) is 0.485. The summed E-state index contributed by atoms with van der Waals surface area (Å²) in [5.41, 5.74) is 5.45. The first-order valence-corrected chi connectivity index (χ1v) is 8.94. The predicted octanol–water partition coefficient (Wildman–Crippen LogP) is 4.62. The SMILES string of the molecule is Cc1cc(C)cc(OCC(=O)N/N=C/c2cccc(Oc3ccccc3)c2)c1. The van der Waals surface area contributed by atoms with Crippen molar-refractivity contribution in [3.05, 3.63) is 89.5 Å². The van der Waals surface area contributed by atoms with Crippen LogP contribution in [0.5, 0.6) is 17.2 Å². The second-order valence-corrected chi connectivity index (χ2v) is 6.39. The summed E-state index contributed by atoms with van der Waals surface area (Å²) >= 11 is 0. The van der Waals surface area contributed by atoms with Gasteiger partial charge in [0.15, 0.2) is 6.61 Å². The van der Waals surface area contributed by atoms with E-state index in [0.29, 0.717) is 11.5 Å². The molecule has 3 aromatic rings. The zero-order valence-corrected chi connectivity index (χ0v) is 15.9. The number of ether oxygens (including phenoxy) is 2. The Balaban J connectivity index is 1.51. The summed E-state index contributed by atoms with van der Waals surface area (Å²) in [5, 5.41) is 3.98. The topological polar surface area (TPSA) is 59.9 Å². The number of nitrogens with one attached hydrogen (secondary N) is 1. The molecule has 5 nitrogen and oxygen atoms in total. The van der Waals surface area contributed by atoms with Gasteiger partial charge in [-0.1, -0.05) is 36.4 Å². The Labute approximate surface area is 164 Å². The van der Waals surface area contributed by atoms with Crippen molar-refractivity contribution in [3.63, 3.8) is 0 Å². The van der Waals surface area contributed by atoms with E-state index in [1.54, 1.807) is 6.21 Å². The van der Waals surface area contributed by atoms with Crippen molar-refractivity contribution in [2.24, 2.45) is 5.10 Å². The van der Waals surface area contributed by atoms with Crippen LogP contribution in [-0.4, -0.2) is 18.7 Å². The maximum atomic E-state index is 11.9. The molecule has 0 aromatic heterocycles. The van der Waals surface area contributed by atoms with Gasteiger partial charge in [-0.05, 0) is 66.9 Å². The summed E-state index contributed by atoms with van der Waals surface area (Å²) in [5.74, 6) is 1.79. The molecule has 0 fully saturated rings. The fraction of sp³-hybridized carbons (Fsp3) is 0.130. The fourth-order valence-electron chi connectivity index (χ4n) is 2.66. The van der Waals surface area contributed by atoms with Crippen LogP contribution < -0.4 is 14.9 Å². The van der Waals surface area contributed by atoms with Crippen LogP contribution in [0.3, 0.4) is 0 Å². The standard InChI is InChI=1S/C23H22N2O3/c1-17-11-18(2)13-22(12-17)27-16-23(26)25-24-15-19-7-6-10-21(14-19)28-20-8-4-3-5-9-20/h3-15H,16H2,1-2H3,(H,25,26)/b24-15+. The molecule has 0 aliphatic heterocycles. The minimum absolute atomic E-state index is 0.0998. The molecular weight excluding hydrogens is 352 g/mol. The third-order valence-electron chi connectivity index (χ3n) is 3.81. The highest BCUT2D eigenvalue weighted by Gasteiger charge is 2.03. The van der Waals surface area contributed by atoms with Gasteiger partial charge in [0.2, 0.25) is 0 Å². The van der Waals surface area contributed by atoms with Gasteiger partial charge < -0.3 is 9.47 Å². The summed E-state index contributed by atoms with van der Waals surface area (Å²) in [6.07, 6.45) is 1.56. The Kier molecular flexibility index (Phi) is 6.41. The Hall–Kier alpha value is -3.60. The molecule has 5 heteroatoms. The zero-order valence-electron chi connectivity index (χ0n) is 15.9. The minimum Gasteiger partial charge on any atom is -0.484 e. The van der Waals surface area contributed by atoms with Gasteiger partial charge in [-0.15, -0.1) is 0 Å².